The summed E-state index contributed by atoms with van der Waals surface area (Å²) in [5.74, 6) is 0.883. The van der Waals surface area contributed by atoms with Gasteiger partial charge >= 0.3 is 6.09 Å². The van der Waals surface area contributed by atoms with E-state index in [1.165, 1.54) is 10.4 Å². The van der Waals surface area contributed by atoms with Crippen LogP contribution in [0.3, 0.4) is 0 Å². The maximum absolute atomic E-state index is 12.4. The van der Waals surface area contributed by atoms with E-state index in [1.807, 2.05) is 27.8 Å². The van der Waals surface area contributed by atoms with Crippen LogP contribution < -0.4 is 10.5 Å². The fourth-order valence-electron chi connectivity index (χ4n) is 4.92. The molecular formula is C24H33N5O3S. The van der Waals surface area contributed by atoms with Gasteiger partial charge in [-0.3, -0.25) is 0 Å². The Kier molecular flexibility index (Phi) is 6.78. The topological polar surface area (TPSA) is 114 Å². The molecule has 1 unspecified atom stereocenters. The lowest BCUT2D eigenvalue weighted by Gasteiger charge is -2.35. The van der Waals surface area contributed by atoms with Gasteiger partial charge in [0.05, 0.1) is 17.5 Å². The monoisotopic (exact) mass is 471 g/mol. The highest BCUT2D eigenvalue weighted by Crippen LogP contribution is 2.47. The number of ether oxygens (including phenoxy) is 2. The van der Waals surface area contributed by atoms with Crippen molar-refractivity contribution in [2.24, 2.45) is 5.73 Å². The number of hydrogen-bond acceptors (Lipinski definition) is 8. The SMILES string of the molecule is CN(C(=O)OC(C)(C)C)C1CCC(Oc2ncnc3sc4c(c23)[C@@H](CC(N)C#N)CC4)CC1. The second kappa shape index (κ2) is 9.43. The van der Waals surface area contributed by atoms with E-state index >= 15 is 0 Å². The second-order valence-electron chi connectivity index (χ2n) is 10.1. The Bertz CT molecular complexity index is 1050. The Morgan fingerprint density at radius 3 is 2.70 bits per heavy atom. The summed E-state index contributed by atoms with van der Waals surface area (Å²) >= 11 is 1.70. The molecule has 33 heavy (non-hydrogen) atoms. The first-order valence-electron chi connectivity index (χ1n) is 11.7. The van der Waals surface area contributed by atoms with Crippen LogP contribution in [0.4, 0.5) is 4.79 Å². The Labute approximate surface area is 199 Å². The summed E-state index contributed by atoms with van der Waals surface area (Å²) < 4.78 is 11.9. The number of hydrogen-bond donors (Lipinski definition) is 1. The first kappa shape index (κ1) is 23.7. The maximum atomic E-state index is 12.4. The summed E-state index contributed by atoms with van der Waals surface area (Å²) in [4.78, 5) is 25.4. The molecule has 2 aromatic heterocycles. The molecule has 0 spiro atoms. The van der Waals surface area contributed by atoms with E-state index in [0.29, 0.717) is 12.3 Å². The smallest absolute Gasteiger partial charge is 0.410 e. The Hall–Kier alpha value is -2.44. The Morgan fingerprint density at radius 1 is 1.30 bits per heavy atom. The minimum atomic E-state index is -0.500. The zero-order chi connectivity index (χ0) is 23.8. The molecule has 2 aromatic rings. The van der Waals surface area contributed by atoms with Crippen LogP contribution in [0, 0.1) is 11.3 Å². The number of carbonyl (C=O) groups excluding carboxylic acids is 1. The van der Waals surface area contributed by atoms with Gasteiger partial charge in [0.2, 0.25) is 5.88 Å². The Balaban J connectivity index is 1.45. The lowest BCUT2D eigenvalue weighted by atomic mass is 9.92. The lowest BCUT2D eigenvalue weighted by molar-refractivity contribution is 0.0138. The van der Waals surface area contributed by atoms with Crippen LogP contribution in [0.1, 0.15) is 75.7 Å². The van der Waals surface area contributed by atoms with Crippen molar-refractivity contribution < 1.29 is 14.3 Å². The first-order valence-corrected chi connectivity index (χ1v) is 12.5. The molecule has 2 atom stereocenters. The summed E-state index contributed by atoms with van der Waals surface area (Å²) in [7, 11) is 1.81. The van der Waals surface area contributed by atoms with E-state index in [4.69, 9.17) is 15.2 Å². The van der Waals surface area contributed by atoms with E-state index in [9.17, 15) is 10.1 Å². The molecule has 0 bridgehead atoms. The standard InChI is InChI=1S/C24H33N5O3S/c1-24(2,3)32-23(30)29(4)16-6-8-17(9-7-16)31-21-20-19-14(11-15(26)12-25)5-10-18(19)33-22(20)28-13-27-21/h13-17H,5-11,26H2,1-4H3/t14-,15?,16?,17?/m1/s1. The molecule has 8 nitrogen and oxygen atoms in total. The molecule has 1 saturated carbocycles. The van der Waals surface area contributed by atoms with Crippen molar-refractivity contribution >= 4 is 27.6 Å². The highest BCUT2D eigenvalue weighted by Gasteiger charge is 2.33. The van der Waals surface area contributed by atoms with Gasteiger partial charge in [-0.25, -0.2) is 14.8 Å². The van der Waals surface area contributed by atoms with Gasteiger partial charge in [0.1, 0.15) is 22.9 Å². The van der Waals surface area contributed by atoms with Crippen molar-refractivity contribution in [3.8, 4) is 11.9 Å². The molecule has 0 aromatic carbocycles. The van der Waals surface area contributed by atoms with Gasteiger partial charge in [-0.05, 0) is 77.2 Å². The van der Waals surface area contributed by atoms with Gasteiger partial charge in [-0.2, -0.15) is 5.26 Å². The predicted molar refractivity (Wildman–Crippen MR) is 127 cm³/mol. The molecule has 2 aliphatic rings. The van der Waals surface area contributed by atoms with E-state index in [1.54, 1.807) is 22.6 Å². The summed E-state index contributed by atoms with van der Waals surface area (Å²) in [6.07, 6.45) is 7.38. The molecule has 1 fully saturated rings. The molecule has 2 heterocycles. The van der Waals surface area contributed by atoms with Gasteiger partial charge in [0, 0.05) is 18.0 Å². The lowest BCUT2D eigenvalue weighted by Crippen LogP contribution is -2.43. The van der Waals surface area contributed by atoms with Crippen molar-refractivity contribution in [1.82, 2.24) is 14.9 Å². The number of carbonyl (C=O) groups is 1. The third-order valence-corrected chi connectivity index (χ3v) is 7.72. The zero-order valence-corrected chi connectivity index (χ0v) is 20.7. The molecule has 0 aliphatic heterocycles. The number of nitrogens with zero attached hydrogens (tertiary/aromatic N) is 4. The number of aryl methyl sites for hydroxylation is 1. The van der Waals surface area contributed by atoms with Gasteiger partial charge in [-0.1, -0.05) is 0 Å². The van der Waals surface area contributed by atoms with Crippen molar-refractivity contribution in [3.05, 3.63) is 16.8 Å². The summed E-state index contributed by atoms with van der Waals surface area (Å²) in [6.45, 7) is 5.64. The van der Waals surface area contributed by atoms with Crippen LogP contribution >= 0.6 is 11.3 Å². The predicted octanol–water partition coefficient (Wildman–Crippen LogP) is 4.52. The molecular weight excluding hydrogens is 438 g/mol. The first-order chi connectivity index (χ1) is 15.7. The number of nitriles is 1. The molecule has 2 aliphatic carbocycles. The molecule has 9 heteroatoms. The summed E-state index contributed by atoms with van der Waals surface area (Å²) in [6, 6.07) is 1.83. The van der Waals surface area contributed by atoms with Crippen molar-refractivity contribution in [2.45, 2.75) is 95.4 Å². The number of rotatable bonds is 5. The number of amides is 1. The second-order valence-corrected chi connectivity index (χ2v) is 11.2. The largest absolute Gasteiger partial charge is 0.474 e. The fraction of sp³-hybridized carbons (Fsp3) is 0.667. The minimum Gasteiger partial charge on any atom is -0.474 e. The Morgan fingerprint density at radius 2 is 2.03 bits per heavy atom. The van der Waals surface area contributed by atoms with E-state index < -0.39 is 11.6 Å². The van der Waals surface area contributed by atoms with E-state index in [2.05, 4.69) is 16.0 Å². The normalized spacial score (nSPS) is 23.6. The number of aromatic nitrogens is 2. The van der Waals surface area contributed by atoms with Crippen molar-refractivity contribution in [3.63, 3.8) is 0 Å². The summed E-state index contributed by atoms with van der Waals surface area (Å²) in [5.41, 5.74) is 6.68. The quantitative estimate of drug-likeness (QED) is 0.682. The van der Waals surface area contributed by atoms with Crippen LogP contribution in [0.2, 0.25) is 0 Å². The van der Waals surface area contributed by atoms with Gasteiger partial charge in [-0.15, -0.1) is 11.3 Å². The van der Waals surface area contributed by atoms with E-state index in [0.717, 1.165) is 48.7 Å². The average Bonchev–Trinajstić information content (AvgIpc) is 3.32. The van der Waals surface area contributed by atoms with Crippen LogP contribution in [0.25, 0.3) is 10.2 Å². The average molecular weight is 472 g/mol. The highest BCUT2D eigenvalue weighted by atomic mass is 32.1. The number of fused-ring (bicyclic) bond motifs is 3. The van der Waals surface area contributed by atoms with Crippen LogP contribution in [-0.4, -0.2) is 51.8 Å². The molecule has 0 saturated heterocycles. The number of nitrogens with two attached hydrogens (primary N) is 1. The zero-order valence-electron chi connectivity index (χ0n) is 19.8. The van der Waals surface area contributed by atoms with Crippen LogP contribution in [0.15, 0.2) is 6.33 Å². The highest BCUT2D eigenvalue weighted by molar-refractivity contribution is 7.19. The maximum Gasteiger partial charge on any atom is 0.410 e. The molecule has 2 N–H and O–H groups in total. The van der Waals surface area contributed by atoms with Crippen LogP contribution in [0.5, 0.6) is 5.88 Å². The van der Waals surface area contributed by atoms with Crippen molar-refractivity contribution in [2.75, 3.05) is 7.05 Å². The minimum absolute atomic E-state index is 0.0446. The summed E-state index contributed by atoms with van der Waals surface area (Å²) in [5, 5.41) is 10.2. The molecule has 4 rings (SSSR count). The molecule has 1 amide bonds. The van der Waals surface area contributed by atoms with Crippen molar-refractivity contribution in [1.29, 1.82) is 5.26 Å². The van der Waals surface area contributed by atoms with Crippen LogP contribution in [-0.2, 0) is 11.2 Å². The fourth-order valence-corrected chi connectivity index (χ4v) is 6.15. The van der Waals surface area contributed by atoms with Gasteiger partial charge in [0.25, 0.3) is 0 Å². The third-order valence-electron chi connectivity index (χ3n) is 6.55. The van der Waals surface area contributed by atoms with Gasteiger partial charge in [0.15, 0.2) is 0 Å². The third kappa shape index (κ3) is 5.22. The number of thiophene rings is 1. The molecule has 0 radical (unpaired) electrons. The van der Waals surface area contributed by atoms with E-state index in [-0.39, 0.29) is 24.2 Å². The van der Waals surface area contributed by atoms with Gasteiger partial charge < -0.3 is 20.1 Å². The molecule has 178 valence electrons.